The zero-order valence-electron chi connectivity index (χ0n) is 12.3. The Kier molecular flexibility index (Phi) is 4.51. The molecule has 23 heavy (non-hydrogen) atoms. The Hall–Kier alpha value is -2.29. The molecule has 0 fully saturated rings. The fourth-order valence-electron chi connectivity index (χ4n) is 1.94. The van der Waals surface area contributed by atoms with Crippen LogP contribution in [0, 0.1) is 0 Å². The van der Waals surface area contributed by atoms with Crippen LogP contribution >= 0.6 is 0 Å². The van der Waals surface area contributed by atoms with Crippen LogP contribution in [0.3, 0.4) is 0 Å². The number of aliphatic hydroxyl groups is 1. The number of halogens is 3. The van der Waals surface area contributed by atoms with Crippen LogP contribution in [-0.4, -0.2) is 48.7 Å². The van der Waals surface area contributed by atoms with Gasteiger partial charge in [-0.05, 0) is 31.2 Å². The van der Waals surface area contributed by atoms with Crippen LogP contribution in [0.4, 0.5) is 13.2 Å². The number of benzene rings is 1. The summed E-state index contributed by atoms with van der Waals surface area (Å²) in [7, 11) is 1.43. The first kappa shape index (κ1) is 17.1. The zero-order chi connectivity index (χ0) is 17.3. The number of alkyl halides is 3. The highest BCUT2D eigenvalue weighted by Crippen LogP contribution is 2.40. The van der Waals surface area contributed by atoms with Gasteiger partial charge in [-0.1, -0.05) is 0 Å². The Morgan fingerprint density at radius 1 is 1.39 bits per heavy atom. The van der Waals surface area contributed by atoms with Gasteiger partial charge in [-0.3, -0.25) is 0 Å². The summed E-state index contributed by atoms with van der Waals surface area (Å²) in [5, 5.41) is 9.85. The number of carbonyl (C=O) groups is 1. The van der Waals surface area contributed by atoms with E-state index in [0.29, 0.717) is 5.75 Å². The van der Waals surface area contributed by atoms with Gasteiger partial charge < -0.3 is 19.3 Å². The molecule has 1 N–H and O–H groups in total. The SMILES string of the molecule is CCOC(=O)[C@@H]1OC(c2ccc(OC)cc2)=N[C@@]1(O)C(F)(F)F. The minimum atomic E-state index is -5.21. The molecule has 2 rings (SSSR count). The third-order valence-corrected chi connectivity index (χ3v) is 3.12. The zero-order valence-corrected chi connectivity index (χ0v) is 12.3. The van der Waals surface area contributed by atoms with Crippen molar-refractivity contribution in [2.24, 2.45) is 4.99 Å². The highest BCUT2D eigenvalue weighted by molar-refractivity contribution is 5.98. The minimum absolute atomic E-state index is 0.153. The second-order valence-electron chi connectivity index (χ2n) is 4.62. The summed E-state index contributed by atoms with van der Waals surface area (Å²) in [6, 6.07) is 5.74. The van der Waals surface area contributed by atoms with E-state index in [0.717, 1.165) is 0 Å². The summed E-state index contributed by atoms with van der Waals surface area (Å²) >= 11 is 0. The normalized spacial score (nSPS) is 23.9. The van der Waals surface area contributed by atoms with E-state index in [1.54, 1.807) is 0 Å². The summed E-state index contributed by atoms with van der Waals surface area (Å²) in [5.74, 6) is -1.38. The number of esters is 1. The topological polar surface area (TPSA) is 77.4 Å². The predicted molar refractivity (Wildman–Crippen MR) is 72.0 cm³/mol. The van der Waals surface area contributed by atoms with E-state index in [-0.39, 0.29) is 12.2 Å². The maximum absolute atomic E-state index is 13.1. The molecule has 2 atom stereocenters. The van der Waals surface area contributed by atoms with Crippen LogP contribution in [0.5, 0.6) is 5.75 Å². The van der Waals surface area contributed by atoms with Crippen molar-refractivity contribution in [1.82, 2.24) is 0 Å². The first-order valence-corrected chi connectivity index (χ1v) is 6.59. The molecule has 1 aliphatic rings. The smallest absolute Gasteiger partial charge is 0.443 e. The van der Waals surface area contributed by atoms with Gasteiger partial charge >= 0.3 is 17.9 Å². The number of rotatable bonds is 4. The largest absolute Gasteiger partial charge is 0.497 e. The van der Waals surface area contributed by atoms with Gasteiger partial charge in [0.2, 0.25) is 5.90 Å². The number of hydrogen-bond acceptors (Lipinski definition) is 6. The molecule has 0 amide bonds. The quantitative estimate of drug-likeness (QED) is 0.848. The molecule has 0 radical (unpaired) electrons. The van der Waals surface area contributed by atoms with Crippen LogP contribution in [0.25, 0.3) is 0 Å². The molecule has 0 saturated heterocycles. The number of hydrogen-bond donors (Lipinski definition) is 1. The Labute approximate surface area is 129 Å². The van der Waals surface area contributed by atoms with E-state index in [2.05, 4.69) is 9.73 Å². The number of aliphatic imine (C=N–C) groups is 1. The van der Waals surface area contributed by atoms with Crippen LogP contribution < -0.4 is 4.74 Å². The van der Waals surface area contributed by atoms with Crippen molar-refractivity contribution >= 4 is 11.9 Å². The van der Waals surface area contributed by atoms with Crippen molar-refractivity contribution in [3.8, 4) is 5.75 Å². The van der Waals surface area contributed by atoms with Gasteiger partial charge in [0.1, 0.15) is 5.75 Å². The van der Waals surface area contributed by atoms with Gasteiger partial charge in [0, 0.05) is 5.56 Å². The monoisotopic (exact) mass is 333 g/mol. The number of methoxy groups -OCH3 is 1. The van der Waals surface area contributed by atoms with Crippen molar-refractivity contribution in [3.63, 3.8) is 0 Å². The average Bonchev–Trinajstić information content (AvgIpc) is 2.87. The standard InChI is InChI=1S/C14H14F3NO5/c1-3-22-12(19)10-13(20,14(15,16)17)18-11(23-10)8-4-6-9(21-2)7-5-8/h4-7,10,20H,3H2,1-2H3/t10-,13-/m0/s1. The summed E-state index contributed by atoms with van der Waals surface area (Å²) in [4.78, 5) is 14.9. The van der Waals surface area contributed by atoms with Crippen molar-refractivity contribution in [2.75, 3.05) is 13.7 Å². The highest BCUT2D eigenvalue weighted by atomic mass is 19.4. The lowest BCUT2D eigenvalue weighted by molar-refractivity contribution is -0.276. The van der Waals surface area contributed by atoms with Gasteiger partial charge in [-0.25, -0.2) is 9.79 Å². The average molecular weight is 333 g/mol. The Bertz CT molecular complexity index is 614. The van der Waals surface area contributed by atoms with Crippen LogP contribution in [0.15, 0.2) is 29.3 Å². The maximum Gasteiger partial charge on any atom is 0.443 e. The van der Waals surface area contributed by atoms with Gasteiger partial charge in [-0.15, -0.1) is 0 Å². The molecule has 1 heterocycles. The third-order valence-electron chi connectivity index (χ3n) is 3.12. The lowest BCUT2D eigenvalue weighted by atomic mass is 10.1. The first-order valence-electron chi connectivity index (χ1n) is 6.59. The molecule has 0 saturated carbocycles. The summed E-state index contributed by atoms with van der Waals surface area (Å²) in [6.07, 6.45) is -7.53. The molecule has 0 unspecified atom stereocenters. The summed E-state index contributed by atoms with van der Waals surface area (Å²) in [6.45, 7) is 1.26. The molecule has 0 spiro atoms. The lowest BCUT2D eigenvalue weighted by Crippen LogP contribution is -2.54. The van der Waals surface area contributed by atoms with Gasteiger partial charge in [0.05, 0.1) is 13.7 Å². The fourth-order valence-corrected chi connectivity index (χ4v) is 1.94. The third kappa shape index (κ3) is 3.09. The molecule has 0 aromatic heterocycles. The number of nitrogens with zero attached hydrogens (tertiary/aromatic N) is 1. The molecule has 1 aromatic carbocycles. The summed E-state index contributed by atoms with van der Waals surface area (Å²) in [5.41, 5.74) is -3.55. The van der Waals surface area contributed by atoms with E-state index >= 15 is 0 Å². The summed E-state index contributed by atoms with van der Waals surface area (Å²) < 4.78 is 53.8. The van der Waals surface area contributed by atoms with Crippen molar-refractivity contribution in [3.05, 3.63) is 29.8 Å². The molecule has 9 heteroatoms. The number of carbonyl (C=O) groups excluding carboxylic acids is 1. The van der Waals surface area contributed by atoms with Crippen LogP contribution in [0.1, 0.15) is 12.5 Å². The Morgan fingerprint density at radius 3 is 2.48 bits per heavy atom. The fraction of sp³-hybridized carbons (Fsp3) is 0.429. The number of ether oxygens (including phenoxy) is 3. The second-order valence-corrected chi connectivity index (χ2v) is 4.62. The molecule has 6 nitrogen and oxygen atoms in total. The van der Waals surface area contributed by atoms with Crippen LogP contribution in [0.2, 0.25) is 0 Å². The van der Waals surface area contributed by atoms with Gasteiger partial charge in [-0.2, -0.15) is 13.2 Å². The minimum Gasteiger partial charge on any atom is -0.497 e. The van der Waals surface area contributed by atoms with E-state index in [1.165, 1.54) is 38.3 Å². The molecule has 126 valence electrons. The second kappa shape index (κ2) is 6.07. The van der Waals surface area contributed by atoms with Crippen molar-refractivity contribution < 1.29 is 37.3 Å². The maximum atomic E-state index is 13.1. The van der Waals surface area contributed by atoms with Gasteiger partial charge in [0.15, 0.2) is 0 Å². The molecule has 0 aliphatic carbocycles. The first-order chi connectivity index (χ1) is 10.7. The Balaban J connectivity index is 2.38. The van der Waals surface area contributed by atoms with E-state index in [4.69, 9.17) is 9.47 Å². The van der Waals surface area contributed by atoms with E-state index in [1.807, 2.05) is 0 Å². The van der Waals surface area contributed by atoms with Crippen molar-refractivity contribution in [2.45, 2.75) is 24.9 Å². The lowest BCUT2D eigenvalue weighted by Gasteiger charge is -2.26. The van der Waals surface area contributed by atoms with Crippen molar-refractivity contribution in [1.29, 1.82) is 0 Å². The van der Waals surface area contributed by atoms with Gasteiger partial charge in [0.25, 0.3) is 6.10 Å². The van der Waals surface area contributed by atoms with E-state index in [9.17, 15) is 23.1 Å². The molecule has 0 bridgehead atoms. The predicted octanol–water partition coefficient (Wildman–Crippen LogP) is 1.65. The molecule has 1 aliphatic heterocycles. The van der Waals surface area contributed by atoms with Crippen LogP contribution in [-0.2, 0) is 14.3 Å². The molecule has 1 aromatic rings. The molecular weight excluding hydrogens is 319 g/mol. The molecular formula is C14H14F3NO5. The highest BCUT2D eigenvalue weighted by Gasteiger charge is 2.67. The van der Waals surface area contributed by atoms with E-state index < -0.39 is 29.9 Å². The Morgan fingerprint density at radius 2 is 2.00 bits per heavy atom.